The van der Waals surface area contributed by atoms with Crippen LogP contribution in [0.15, 0.2) is 91.3 Å². The Morgan fingerprint density at radius 1 is 0.935 bits per heavy atom. The summed E-state index contributed by atoms with van der Waals surface area (Å²) in [5.41, 5.74) is 8.77. The van der Waals surface area contributed by atoms with Gasteiger partial charge in [0.2, 0.25) is 0 Å². The molecule has 6 heteroatoms. The summed E-state index contributed by atoms with van der Waals surface area (Å²) in [6.07, 6.45) is 3.26. The van der Waals surface area contributed by atoms with Crippen LogP contribution in [0.1, 0.15) is 28.4 Å². The topological polar surface area (TPSA) is 88.7 Å². The third-order valence-electron chi connectivity index (χ3n) is 5.06. The molecule has 0 saturated heterocycles. The molecule has 1 unspecified atom stereocenters. The Labute approximate surface area is 180 Å². The van der Waals surface area contributed by atoms with Gasteiger partial charge in [0, 0.05) is 18.0 Å². The van der Waals surface area contributed by atoms with Gasteiger partial charge in [-0.1, -0.05) is 66.7 Å². The summed E-state index contributed by atoms with van der Waals surface area (Å²) in [4.78, 5) is 15.3. The normalized spacial score (nSPS) is 11.9. The molecule has 3 N–H and O–H groups in total. The molecule has 4 rings (SSSR count). The summed E-state index contributed by atoms with van der Waals surface area (Å²) in [5.74, 6) is 0. The molecule has 0 saturated carbocycles. The maximum absolute atomic E-state index is 11.1. The zero-order chi connectivity index (χ0) is 21.6. The maximum Gasteiger partial charge on any atom is 0.338 e. The molecule has 6 nitrogen and oxygen atoms in total. The predicted molar refractivity (Wildman–Crippen MR) is 118 cm³/mol. The lowest BCUT2D eigenvalue weighted by Crippen LogP contribution is -2.32. The average Bonchev–Trinajstić information content (AvgIpc) is 2.80. The fraction of sp³-hybridized carbons (Fsp3) is 0.120. The van der Waals surface area contributed by atoms with E-state index >= 15 is 0 Å². The molecular formula is C25H23N3O3. The summed E-state index contributed by atoms with van der Waals surface area (Å²) in [7, 11) is 0. The van der Waals surface area contributed by atoms with Crippen molar-refractivity contribution >= 4 is 16.8 Å². The first kappa shape index (κ1) is 20.5. The van der Waals surface area contributed by atoms with Crippen molar-refractivity contribution in [2.75, 3.05) is 0 Å². The van der Waals surface area contributed by atoms with Gasteiger partial charge in [-0.3, -0.25) is 10.2 Å². The standard InChI is InChI=1S/C25H23N3O3/c26-25(29)28(30)16-18-5-3-6-19(13-18)17-31-24(23-9-4-12-27-15-23)22-11-10-20-7-1-2-8-21(20)14-22/h1-15,24,30H,16-17H2,(H2,26,29). The number of carbonyl (C=O) groups excluding carboxylic acids is 1. The average molecular weight is 413 g/mol. The molecule has 3 aromatic carbocycles. The number of hydrogen-bond donors (Lipinski definition) is 2. The number of aromatic nitrogens is 1. The fourth-order valence-corrected chi connectivity index (χ4v) is 3.54. The van der Waals surface area contributed by atoms with Crippen molar-refractivity contribution in [3.63, 3.8) is 0 Å². The number of nitrogens with zero attached hydrogens (tertiary/aromatic N) is 2. The van der Waals surface area contributed by atoms with Gasteiger partial charge in [-0.25, -0.2) is 9.86 Å². The first-order chi connectivity index (χ1) is 15.1. The van der Waals surface area contributed by atoms with Gasteiger partial charge in [0.15, 0.2) is 0 Å². The number of benzene rings is 3. The van der Waals surface area contributed by atoms with Gasteiger partial charge >= 0.3 is 6.03 Å². The largest absolute Gasteiger partial charge is 0.364 e. The van der Waals surface area contributed by atoms with E-state index in [1.54, 1.807) is 6.20 Å². The van der Waals surface area contributed by atoms with Gasteiger partial charge in [0.05, 0.1) is 13.2 Å². The van der Waals surface area contributed by atoms with E-state index in [4.69, 9.17) is 10.5 Å². The highest BCUT2D eigenvalue weighted by Gasteiger charge is 2.16. The summed E-state index contributed by atoms with van der Waals surface area (Å²) in [6, 6.07) is 25.0. The molecule has 0 radical (unpaired) electrons. The molecule has 156 valence electrons. The summed E-state index contributed by atoms with van der Waals surface area (Å²) in [6.45, 7) is 0.363. The van der Waals surface area contributed by atoms with Crippen molar-refractivity contribution < 1.29 is 14.7 Å². The Kier molecular flexibility index (Phi) is 6.21. The second-order valence-corrected chi connectivity index (χ2v) is 7.30. The number of ether oxygens (including phenoxy) is 1. The van der Waals surface area contributed by atoms with Crippen molar-refractivity contribution in [3.05, 3.63) is 114 Å². The molecule has 1 heterocycles. The third kappa shape index (κ3) is 5.06. The molecule has 31 heavy (non-hydrogen) atoms. The lowest BCUT2D eigenvalue weighted by atomic mass is 9.99. The third-order valence-corrected chi connectivity index (χ3v) is 5.06. The summed E-state index contributed by atoms with van der Waals surface area (Å²) >= 11 is 0. The molecule has 1 atom stereocenters. The molecule has 0 aliphatic carbocycles. The Balaban J connectivity index is 1.58. The summed E-state index contributed by atoms with van der Waals surface area (Å²) < 4.78 is 6.35. The van der Waals surface area contributed by atoms with Crippen molar-refractivity contribution in [3.8, 4) is 0 Å². The van der Waals surface area contributed by atoms with E-state index in [0.29, 0.717) is 11.7 Å². The zero-order valence-electron chi connectivity index (χ0n) is 16.9. The van der Waals surface area contributed by atoms with Gasteiger partial charge in [0.1, 0.15) is 6.10 Å². The zero-order valence-corrected chi connectivity index (χ0v) is 16.9. The summed E-state index contributed by atoms with van der Waals surface area (Å²) in [5, 5.41) is 12.4. The van der Waals surface area contributed by atoms with Crippen molar-refractivity contribution in [2.24, 2.45) is 5.73 Å². The van der Waals surface area contributed by atoms with E-state index in [2.05, 4.69) is 35.3 Å². The van der Waals surface area contributed by atoms with Crippen molar-refractivity contribution in [1.82, 2.24) is 10.0 Å². The fourth-order valence-electron chi connectivity index (χ4n) is 3.54. The van der Waals surface area contributed by atoms with Crippen LogP contribution in [0.4, 0.5) is 4.79 Å². The smallest absolute Gasteiger partial charge is 0.338 e. The van der Waals surface area contributed by atoms with Crippen LogP contribution in [0.25, 0.3) is 10.8 Å². The molecule has 0 fully saturated rings. The van der Waals surface area contributed by atoms with Crippen LogP contribution in [0.3, 0.4) is 0 Å². The number of primary amides is 1. The predicted octanol–water partition coefficient (Wildman–Crippen LogP) is 4.81. The van der Waals surface area contributed by atoms with E-state index in [0.717, 1.165) is 27.6 Å². The van der Waals surface area contributed by atoms with Gasteiger partial charge in [-0.05, 0) is 39.6 Å². The van der Waals surface area contributed by atoms with Crippen LogP contribution in [0, 0.1) is 0 Å². The molecular weight excluding hydrogens is 390 g/mol. The van der Waals surface area contributed by atoms with E-state index in [-0.39, 0.29) is 12.6 Å². The van der Waals surface area contributed by atoms with Crippen LogP contribution < -0.4 is 5.73 Å². The number of urea groups is 1. The number of carbonyl (C=O) groups is 1. The monoisotopic (exact) mass is 413 g/mol. The number of pyridine rings is 1. The lowest BCUT2D eigenvalue weighted by Gasteiger charge is -2.20. The molecule has 1 aromatic heterocycles. The van der Waals surface area contributed by atoms with Crippen LogP contribution in [0.5, 0.6) is 0 Å². The van der Waals surface area contributed by atoms with Crippen molar-refractivity contribution in [1.29, 1.82) is 0 Å². The van der Waals surface area contributed by atoms with E-state index < -0.39 is 6.03 Å². The van der Waals surface area contributed by atoms with E-state index in [9.17, 15) is 10.0 Å². The molecule has 0 spiro atoms. The molecule has 0 aliphatic rings. The van der Waals surface area contributed by atoms with E-state index in [1.165, 1.54) is 5.39 Å². The minimum Gasteiger partial charge on any atom is -0.364 e. The van der Waals surface area contributed by atoms with Crippen LogP contribution in [0.2, 0.25) is 0 Å². The van der Waals surface area contributed by atoms with Gasteiger partial charge in [0.25, 0.3) is 0 Å². The number of amides is 2. The van der Waals surface area contributed by atoms with Crippen LogP contribution >= 0.6 is 0 Å². The molecule has 4 aromatic rings. The van der Waals surface area contributed by atoms with Gasteiger partial charge in [-0.2, -0.15) is 0 Å². The van der Waals surface area contributed by atoms with Crippen molar-refractivity contribution in [2.45, 2.75) is 19.3 Å². The maximum atomic E-state index is 11.1. The Bertz CT molecular complexity index is 1180. The second kappa shape index (κ2) is 9.38. The Morgan fingerprint density at radius 2 is 1.74 bits per heavy atom. The highest BCUT2D eigenvalue weighted by atomic mass is 16.5. The number of hydrogen-bond acceptors (Lipinski definition) is 4. The second-order valence-electron chi connectivity index (χ2n) is 7.30. The number of fused-ring (bicyclic) bond motifs is 1. The number of rotatable bonds is 7. The first-order valence-electron chi connectivity index (χ1n) is 9.94. The first-order valence-corrected chi connectivity index (χ1v) is 9.94. The SMILES string of the molecule is NC(=O)N(O)Cc1cccc(COC(c2cccnc2)c2ccc3ccccc3c2)c1. The van der Waals surface area contributed by atoms with Crippen LogP contribution in [-0.4, -0.2) is 21.3 Å². The highest BCUT2D eigenvalue weighted by Crippen LogP contribution is 2.29. The number of nitrogens with two attached hydrogens (primary N) is 1. The molecule has 2 amide bonds. The van der Waals surface area contributed by atoms with Gasteiger partial charge < -0.3 is 10.5 Å². The van der Waals surface area contributed by atoms with Crippen LogP contribution in [-0.2, 0) is 17.9 Å². The molecule has 0 bridgehead atoms. The van der Waals surface area contributed by atoms with Gasteiger partial charge in [-0.15, -0.1) is 0 Å². The minimum atomic E-state index is -0.894. The minimum absolute atomic E-state index is 0.0138. The quantitative estimate of drug-likeness (QED) is 0.336. The molecule has 0 aliphatic heterocycles. The van der Waals surface area contributed by atoms with E-state index in [1.807, 2.05) is 54.7 Å². The lowest BCUT2D eigenvalue weighted by molar-refractivity contribution is -0.0470. The Hall–Kier alpha value is -3.74. The number of hydroxylamine groups is 2. The Morgan fingerprint density at radius 3 is 2.52 bits per heavy atom. The highest BCUT2D eigenvalue weighted by molar-refractivity contribution is 5.83.